The Morgan fingerprint density at radius 3 is 2.67 bits per heavy atom. The maximum absolute atomic E-state index is 9.18. The predicted molar refractivity (Wildman–Crippen MR) is 74.3 cm³/mol. The van der Waals surface area contributed by atoms with Gasteiger partial charge in [-0.25, -0.2) is 0 Å². The molecule has 1 saturated carbocycles. The average molecular weight is 247 g/mol. The van der Waals surface area contributed by atoms with Gasteiger partial charge in [0.05, 0.1) is 6.61 Å². The Kier molecular flexibility index (Phi) is 3.87. The lowest BCUT2D eigenvalue weighted by molar-refractivity contribution is 0.283. The monoisotopic (exact) mass is 247 g/mol. The fraction of sp³-hybridized carbons (Fsp3) is 0.500. The molecule has 0 saturated heterocycles. The first-order valence-electron chi connectivity index (χ1n) is 6.46. The quantitative estimate of drug-likeness (QED) is 0.547. The highest BCUT2D eigenvalue weighted by atomic mass is 16.3. The maximum Gasteiger partial charge on any atom is 0.123 e. The van der Waals surface area contributed by atoms with Crippen LogP contribution in [0.15, 0.2) is 18.2 Å². The van der Waals surface area contributed by atoms with Gasteiger partial charge in [-0.05, 0) is 49.9 Å². The highest BCUT2D eigenvalue weighted by molar-refractivity contribution is 5.96. The number of benzene rings is 1. The number of aryl methyl sites for hydroxylation is 1. The van der Waals surface area contributed by atoms with E-state index in [0.29, 0.717) is 12.6 Å². The molecule has 1 aliphatic carbocycles. The van der Waals surface area contributed by atoms with Crippen LogP contribution in [0.5, 0.6) is 0 Å². The lowest BCUT2D eigenvalue weighted by atomic mass is 9.90. The lowest BCUT2D eigenvalue weighted by Gasteiger charge is -2.39. The highest BCUT2D eigenvalue weighted by Gasteiger charge is 2.25. The Balaban J connectivity index is 2.24. The van der Waals surface area contributed by atoms with Gasteiger partial charge in [0.25, 0.3) is 0 Å². The molecule has 0 amide bonds. The van der Waals surface area contributed by atoms with Gasteiger partial charge in [-0.2, -0.15) is 0 Å². The molecule has 0 heterocycles. The van der Waals surface area contributed by atoms with Crippen LogP contribution in [-0.4, -0.2) is 30.1 Å². The van der Waals surface area contributed by atoms with E-state index in [1.54, 1.807) is 0 Å². The molecule has 1 fully saturated rings. The molecule has 4 N–H and O–H groups in total. The molecule has 4 nitrogen and oxygen atoms in total. The molecule has 1 aromatic carbocycles. The van der Waals surface area contributed by atoms with Gasteiger partial charge in [0, 0.05) is 23.8 Å². The largest absolute Gasteiger partial charge is 0.395 e. The van der Waals surface area contributed by atoms with Gasteiger partial charge in [0.1, 0.15) is 5.84 Å². The summed E-state index contributed by atoms with van der Waals surface area (Å²) in [6, 6.07) is 6.51. The van der Waals surface area contributed by atoms with Crippen LogP contribution in [0, 0.1) is 12.3 Å². The number of hydrogen-bond acceptors (Lipinski definition) is 3. The zero-order chi connectivity index (χ0) is 13.1. The molecular weight excluding hydrogens is 226 g/mol. The smallest absolute Gasteiger partial charge is 0.123 e. The number of anilines is 1. The Morgan fingerprint density at radius 2 is 2.22 bits per heavy atom. The van der Waals surface area contributed by atoms with Crippen molar-refractivity contribution in [3.05, 3.63) is 29.3 Å². The van der Waals surface area contributed by atoms with Crippen molar-refractivity contribution in [1.82, 2.24) is 0 Å². The number of nitrogens with one attached hydrogen (secondary N) is 1. The summed E-state index contributed by atoms with van der Waals surface area (Å²) in [7, 11) is 0. The van der Waals surface area contributed by atoms with Crippen molar-refractivity contribution < 1.29 is 5.11 Å². The maximum atomic E-state index is 9.18. The molecule has 1 aliphatic rings. The molecule has 18 heavy (non-hydrogen) atoms. The molecule has 2 rings (SSSR count). The second-order valence-electron chi connectivity index (χ2n) is 4.91. The van der Waals surface area contributed by atoms with Crippen molar-refractivity contribution >= 4 is 11.5 Å². The summed E-state index contributed by atoms with van der Waals surface area (Å²) in [5, 5.41) is 16.7. The number of nitrogens with zero attached hydrogens (tertiary/aromatic N) is 1. The average Bonchev–Trinajstić information content (AvgIpc) is 2.25. The van der Waals surface area contributed by atoms with Gasteiger partial charge >= 0.3 is 0 Å². The predicted octanol–water partition coefficient (Wildman–Crippen LogP) is 1.63. The fourth-order valence-corrected chi connectivity index (χ4v) is 2.46. The van der Waals surface area contributed by atoms with Gasteiger partial charge in [0.15, 0.2) is 0 Å². The summed E-state index contributed by atoms with van der Waals surface area (Å²) in [6.45, 7) is 2.81. The number of hydrogen-bond donors (Lipinski definition) is 3. The SMILES string of the molecule is Cc1cc(N(CCO)C2CCC2)ccc1C(=N)N. The summed E-state index contributed by atoms with van der Waals surface area (Å²) in [4.78, 5) is 2.26. The molecule has 0 unspecified atom stereocenters. The van der Waals surface area contributed by atoms with Crippen LogP contribution in [0.2, 0.25) is 0 Å². The first-order valence-corrected chi connectivity index (χ1v) is 6.46. The number of nitrogens with two attached hydrogens (primary N) is 1. The number of amidine groups is 1. The fourth-order valence-electron chi connectivity index (χ4n) is 2.46. The van der Waals surface area contributed by atoms with Crippen LogP contribution >= 0.6 is 0 Å². The first-order chi connectivity index (χ1) is 8.63. The zero-order valence-corrected chi connectivity index (χ0v) is 10.8. The Hall–Kier alpha value is -1.55. The molecular formula is C14H21N3O. The van der Waals surface area contributed by atoms with Gasteiger partial charge in [0.2, 0.25) is 0 Å². The van der Waals surface area contributed by atoms with Crippen LogP contribution in [-0.2, 0) is 0 Å². The molecule has 0 atom stereocenters. The van der Waals surface area contributed by atoms with E-state index >= 15 is 0 Å². The number of aliphatic hydroxyl groups is 1. The van der Waals surface area contributed by atoms with Gasteiger partial charge in [-0.1, -0.05) is 0 Å². The van der Waals surface area contributed by atoms with Crippen LogP contribution in [0.3, 0.4) is 0 Å². The molecule has 0 bridgehead atoms. The zero-order valence-electron chi connectivity index (χ0n) is 10.8. The van der Waals surface area contributed by atoms with E-state index in [1.165, 1.54) is 19.3 Å². The Labute approximate surface area is 108 Å². The van der Waals surface area contributed by atoms with E-state index in [9.17, 15) is 5.11 Å². The molecule has 0 aromatic heterocycles. The summed E-state index contributed by atoms with van der Waals surface area (Å²) < 4.78 is 0. The van der Waals surface area contributed by atoms with Crippen LogP contribution < -0.4 is 10.6 Å². The van der Waals surface area contributed by atoms with Crippen molar-refractivity contribution in [3.63, 3.8) is 0 Å². The minimum absolute atomic E-state index is 0.108. The Morgan fingerprint density at radius 1 is 1.50 bits per heavy atom. The van der Waals surface area contributed by atoms with E-state index in [2.05, 4.69) is 11.0 Å². The van der Waals surface area contributed by atoms with E-state index in [0.717, 1.165) is 16.8 Å². The number of aliphatic hydroxyl groups excluding tert-OH is 1. The van der Waals surface area contributed by atoms with Gasteiger partial charge in [-0.15, -0.1) is 0 Å². The minimum atomic E-state index is 0.108. The van der Waals surface area contributed by atoms with Crippen LogP contribution in [0.1, 0.15) is 30.4 Å². The summed E-state index contributed by atoms with van der Waals surface area (Å²) in [5.41, 5.74) is 8.45. The minimum Gasteiger partial charge on any atom is -0.395 e. The lowest BCUT2D eigenvalue weighted by Crippen LogP contribution is -2.42. The Bertz CT molecular complexity index is 441. The van der Waals surface area contributed by atoms with Crippen LogP contribution in [0.4, 0.5) is 5.69 Å². The van der Waals surface area contributed by atoms with Crippen molar-refractivity contribution in [2.45, 2.75) is 32.2 Å². The van der Waals surface area contributed by atoms with E-state index < -0.39 is 0 Å². The van der Waals surface area contributed by atoms with Crippen LogP contribution in [0.25, 0.3) is 0 Å². The molecule has 0 spiro atoms. The molecule has 0 radical (unpaired) electrons. The molecule has 1 aromatic rings. The molecule has 98 valence electrons. The standard InChI is InChI=1S/C14H21N3O/c1-10-9-12(5-6-13(10)14(15)16)17(7-8-18)11-3-2-4-11/h5-6,9,11,18H,2-4,7-8H2,1H3,(H3,15,16). The molecule has 0 aliphatic heterocycles. The van der Waals surface area contributed by atoms with E-state index in [4.69, 9.17) is 11.1 Å². The normalized spacial score (nSPS) is 15.2. The number of rotatable bonds is 5. The third-order valence-corrected chi connectivity index (χ3v) is 3.69. The van der Waals surface area contributed by atoms with E-state index in [1.807, 2.05) is 19.1 Å². The number of nitrogen functional groups attached to an aromatic ring is 1. The van der Waals surface area contributed by atoms with E-state index in [-0.39, 0.29) is 12.4 Å². The second kappa shape index (κ2) is 5.40. The first kappa shape index (κ1) is 12.9. The van der Waals surface area contributed by atoms with Crippen molar-refractivity contribution in [2.75, 3.05) is 18.1 Å². The van der Waals surface area contributed by atoms with Crippen molar-refractivity contribution in [2.24, 2.45) is 5.73 Å². The van der Waals surface area contributed by atoms with Crippen molar-refractivity contribution in [1.29, 1.82) is 5.41 Å². The van der Waals surface area contributed by atoms with Gasteiger partial charge < -0.3 is 15.7 Å². The second-order valence-corrected chi connectivity index (χ2v) is 4.91. The third kappa shape index (κ3) is 2.48. The highest BCUT2D eigenvalue weighted by Crippen LogP contribution is 2.30. The van der Waals surface area contributed by atoms with Gasteiger partial charge in [-0.3, -0.25) is 5.41 Å². The summed E-state index contributed by atoms with van der Waals surface area (Å²) in [5.74, 6) is 0.108. The third-order valence-electron chi connectivity index (χ3n) is 3.69. The van der Waals surface area contributed by atoms with Crippen molar-refractivity contribution in [3.8, 4) is 0 Å². The molecule has 4 heteroatoms. The summed E-state index contributed by atoms with van der Waals surface area (Å²) in [6.07, 6.45) is 3.68. The topological polar surface area (TPSA) is 73.3 Å². The summed E-state index contributed by atoms with van der Waals surface area (Å²) >= 11 is 0.